The molecule has 0 aliphatic carbocycles. The van der Waals surface area contributed by atoms with Gasteiger partial charge in [-0.2, -0.15) is 0 Å². The van der Waals surface area contributed by atoms with Crippen LogP contribution in [0.5, 0.6) is 0 Å². The van der Waals surface area contributed by atoms with Crippen molar-refractivity contribution in [2.75, 3.05) is 11.9 Å². The maximum absolute atomic E-state index is 9.41. The number of rotatable bonds is 4. The minimum atomic E-state index is -0.463. The van der Waals surface area contributed by atoms with Crippen LogP contribution in [0.15, 0.2) is 42.7 Å². The smallest absolute Gasteiger partial charge is 0.156 e. The van der Waals surface area contributed by atoms with Crippen molar-refractivity contribution < 1.29 is 5.11 Å². The average Bonchev–Trinajstić information content (AvgIpc) is 2.53. The summed E-state index contributed by atoms with van der Waals surface area (Å²) in [5, 5.41) is 23.5. The van der Waals surface area contributed by atoms with Gasteiger partial charge in [0.25, 0.3) is 0 Å². The molecule has 22 heavy (non-hydrogen) atoms. The number of fused-ring (bicyclic) bond motifs is 1. The first kappa shape index (κ1) is 14.7. The Balaban J connectivity index is 2.09. The predicted octanol–water partition coefficient (Wildman–Crippen LogP) is 3.14. The van der Waals surface area contributed by atoms with Crippen LogP contribution in [0.4, 0.5) is 5.82 Å². The second-order valence-corrected chi connectivity index (χ2v) is 5.49. The molecule has 6 heteroatoms. The summed E-state index contributed by atoms with van der Waals surface area (Å²) in [5.41, 5.74) is 1.68. The van der Waals surface area contributed by atoms with Gasteiger partial charge in [-0.25, -0.2) is 0 Å². The summed E-state index contributed by atoms with van der Waals surface area (Å²) in [6, 6.07) is 9.33. The van der Waals surface area contributed by atoms with Gasteiger partial charge in [-0.3, -0.25) is 4.98 Å². The maximum Gasteiger partial charge on any atom is 0.156 e. The highest BCUT2D eigenvalue weighted by molar-refractivity contribution is 6.30. The number of hydrogen-bond acceptors (Lipinski definition) is 5. The highest BCUT2D eigenvalue weighted by atomic mass is 35.5. The lowest BCUT2D eigenvalue weighted by molar-refractivity contribution is 0.208. The van der Waals surface area contributed by atoms with Crippen molar-refractivity contribution in [3.63, 3.8) is 0 Å². The van der Waals surface area contributed by atoms with Crippen LogP contribution in [0, 0.1) is 0 Å². The number of pyridine rings is 1. The molecule has 1 unspecified atom stereocenters. The number of nitrogens with one attached hydrogen (secondary N) is 1. The van der Waals surface area contributed by atoms with Crippen LogP contribution in [-0.2, 0) is 0 Å². The van der Waals surface area contributed by atoms with Gasteiger partial charge in [0.2, 0.25) is 0 Å². The Morgan fingerprint density at radius 2 is 1.91 bits per heavy atom. The molecule has 5 nitrogen and oxygen atoms in total. The monoisotopic (exact) mass is 314 g/mol. The Labute approximate surface area is 133 Å². The molecule has 0 saturated carbocycles. The standard InChI is InChI=1S/C16H15ClN4O/c1-10(22)8-19-16-13-6-7-18-9-14(13)15(20-21-16)11-2-4-12(17)5-3-11/h2-7,9-10,22H,8H2,1H3,(H,19,21). The highest BCUT2D eigenvalue weighted by Crippen LogP contribution is 2.29. The normalized spacial score (nSPS) is 12.3. The molecule has 1 atom stereocenters. The predicted molar refractivity (Wildman–Crippen MR) is 87.9 cm³/mol. The van der Waals surface area contributed by atoms with Crippen LogP contribution in [0.2, 0.25) is 5.02 Å². The SMILES string of the molecule is CC(O)CNc1nnc(-c2ccc(Cl)cc2)c2cnccc12. The van der Waals surface area contributed by atoms with E-state index >= 15 is 0 Å². The van der Waals surface area contributed by atoms with Gasteiger partial charge < -0.3 is 10.4 Å². The molecule has 2 N–H and O–H groups in total. The summed E-state index contributed by atoms with van der Waals surface area (Å²) in [7, 11) is 0. The molecule has 0 amide bonds. The molecule has 2 aromatic heterocycles. The third-order valence-electron chi connectivity index (χ3n) is 3.26. The van der Waals surface area contributed by atoms with E-state index < -0.39 is 6.10 Å². The molecule has 0 aliphatic rings. The van der Waals surface area contributed by atoms with Gasteiger partial charge in [0.15, 0.2) is 5.82 Å². The fraction of sp³-hybridized carbons (Fsp3) is 0.188. The van der Waals surface area contributed by atoms with Crippen molar-refractivity contribution in [3.05, 3.63) is 47.7 Å². The van der Waals surface area contributed by atoms with Crippen molar-refractivity contribution in [1.29, 1.82) is 0 Å². The van der Waals surface area contributed by atoms with Gasteiger partial charge in [0.1, 0.15) is 5.69 Å². The Bertz CT molecular complexity index is 790. The molecular formula is C16H15ClN4O. The zero-order valence-corrected chi connectivity index (χ0v) is 12.7. The molecule has 3 aromatic rings. The first-order valence-corrected chi connectivity index (χ1v) is 7.31. The largest absolute Gasteiger partial charge is 0.392 e. The minimum absolute atomic E-state index is 0.409. The molecule has 2 heterocycles. The Hall–Kier alpha value is -2.24. The van der Waals surface area contributed by atoms with E-state index in [9.17, 15) is 5.11 Å². The number of anilines is 1. The lowest BCUT2D eigenvalue weighted by Gasteiger charge is -2.11. The fourth-order valence-corrected chi connectivity index (χ4v) is 2.32. The van der Waals surface area contributed by atoms with E-state index in [4.69, 9.17) is 11.6 Å². The summed E-state index contributed by atoms with van der Waals surface area (Å²) in [6.07, 6.45) is 3.01. The van der Waals surface area contributed by atoms with E-state index in [2.05, 4.69) is 20.5 Å². The van der Waals surface area contributed by atoms with Gasteiger partial charge in [-0.1, -0.05) is 23.7 Å². The summed E-state index contributed by atoms with van der Waals surface area (Å²) in [4.78, 5) is 4.18. The second-order valence-electron chi connectivity index (χ2n) is 5.06. The van der Waals surface area contributed by atoms with Gasteiger partial charge in [0.05, 0.1) is 6.10 Å². The number of benzene rings is 1. The van der Waals surface area contributed by atoms with E-state index in [1.165, 1.54) is 0 Å². The zero-order chi connectivity index (χ0) is 15.5. The maximum atomic E-state index is 9.41. The van der Waals surface area contributed by atoms with Crippen molar-refractivity contribution in [1.82, 2.24) is 15.2 Å². The molecule has 112 valence electrons. The zero-order valence-electron chi connectivity index (χ0n) is 12.0. The Morgan fingerprint density at radius 1 is 1.14 bits per heavy atom. The molecule has 3 rings (SSSR count). The topological polar surface area (TPSA) is 70.9 Å². The van der Waals surface area contributed by atoms with Crippen LogP contribution < -0.4 is 5.32 Å². The van der Waals surface area contributed by atoms with Crippen LogP contribution in [0.25, 0.3) is 22.0 Å². The van der Waals surface area contributed by atoms with Crippen LogP contribution in [0.1, 0.15) is 6.92 Å². The number of nitrogens with zero attached hydrogens (tertiary/aromatic N) is 3. The van der Waals surface area contributed by atoms with Crippen molar-refractivity contribution in [3.8, 4) is 11.3 Å². The van der Waals surface area contributed by atoms with E-state index in [-0.39, 0.29) is 0 Å². The van der Waals surface area contributed by atoms with Crippen molar-refractivity contribution in [2.24, 2.45) is 0 Å². The number of aromatic nitrogens is 3. The van der Waals surface area contributed by atoms with E-state index in [0.717, 1.165) is 22.0 Å². The molecule has 1 aromatic carbocycles. The first-order chi connectivity index (χ1) is 10.6. The number of hydrogen-bond donors (Lipinski definition) is 2. The number of aliphatic hydroxyl groups is 1. The molecule has 0 aliphatic heterocycles. The van der Waals surface area contributed by atoms with Gasteiger partial charge in [-0.15, -0.1) is 10.2 Å². The summed E-state index contributed by atoms with van der Waals surface area (Å²) in [5.74, 6) is 0.635. The molecular weight excluding hydrogens is 300 g/mol. The van der Waals surface area contributed by atoms with E-state index in [1.807, 2.05) is 30.3 Å². The third kappa shape index (κ3) is 3.00. The Morgan fingerprint density at radius 3 is 2.64 bits per heavy atom. The molecule has 0 saturated heterocycles. The number of halogens is 1. The molecule has 0 spiro atoms. The molecule has 0 fully saturated rings. The van der Waals surface area contributed by atoms with Crippen LogP contribution in [-0.4, -0.2) is 32.9 Å². The van der Waals surface area contributed by atoms with Crippen molar-refractivity contribution >= 4 is 28.2 Å². The Kier molecular flexibility index (Phi) is 4.18. The summed E-state index contributed by atoms with van der Waals surface area (Å²) < 4.78 is 0. The lowest BCUT2D eigenvalue weighted by atomic mass is 10.1. The second kappa shape index (κ2) is 6.25. The highest BCUT2D eigenvalue weighted by Gasteiger charge is 2.11. The van der Waals surface area contributed by atoms with Gasteiger partial charge >= 0.3 is 0 Å². The molecule has 0 radical (unpaired) electrons. The third-order valence-corrected chi connectivity index (χ3v) is 3.52. The summed E-state index contributed by atoms with van der Waals surface area (Å²) in [6.45, 7) is 2.12. The quantitative estimate of drug-likeness (QED) is 0.774. The average molecular weight is 315 g/mol. The van der Waals surface area contributed by atoms with Crippen molar-refractivity contribution in [2.45, 2.75) is 13.0 Å². The van der Waals surface area contributed by atoms with E-state index in [0.29, 0.717) is 17.4 Å². The number of aliphatic hydroxyl groups excluding tert-OH is 1. The molecule has 0 bridgehead atoms. The van der Waals surface area contributed by atoms with Gasteiger partial charge in [0, 0.05) is 40.3 Å². The lowest BCUT2D eigenvalue weighted by Crippen LogP contribution is -2.16. The minimum Gasteiger partial charge on any atom is -0.392 e. The first-order valence-electron chi connectivity index (χ1n) is 6.93. The van der Waals surface area contributed by atoms with Crippen LogP contribution in [0.3, 0.4) is 0 Å². The van der Waals surface area contributed by atoms with Gasteiger partial charge in [-0.05, 0) is 25.1 Å². The van der Waals surface area contributed by atoms with E-state index in [1.54, 1.807) is 19.3 Å². The fourth-order valence-electron chi connectivity index (χ4n) is 2.19. The van der Waals surface area contributed by atoms with Crippen LogP contribution >= 0.6 is 11.6 Å². The summed E-state index contributed by atoms with van der Waals surface area (Å²) >= 11 is 5.93.